The second kappa shape index (κ2) is 5.88. The van der Waals surface area contributed by atoms with Crippen LogP contribution in [0.25, 0.3) is 11.0 Å². The largest absolute Gasteiger partial charge is 0.327 e. The van der Waals surface area contributed by atoms with E-state index < -0.39 is 0 Å². The van der Waals surface area contributed by atoms with E-state index in [2.05, 4.69) is 23.6 Å². The van der Waals surface area contributed by atoms with Gasteiger partial charge in [-0.05, 0) is 30.2 Å². The second-order valence-corrected chi connectivity index (χ2v) is 5.44. The monoisotopic (exact) mass is 299 g/mol. The average Bonchev–Trinajstić information content (AvgIpc) is 2.86. The van der Waals surface area contributed by atoms with Gasteiger partial charge < -0.3 is 10.3 Å². The maximum absolute atomic E-state index is 6.33. The molecule has 0 aliphatic heterocycles. The van der Waals surface area contributed by atoms with Crippen LogP contribution >= 0.6 is 11.6 Å². The van der Waals surface area contributed by atoms with Crippen LogP contribution in [0.2, 0.25) is 5.02 Å². The summed E-state index contributed by atoms with van der Waals surface area (Å²) >= 11 is 6.33. The molecule has 0 fully saturated rings. The minimum atomic E-state index is 0.545. The first kappa shape index (κ1) is 14.1. The first-order valence-electron chi connectivity index (χ1n) is 7.15. The molecule has 21 heavy (non-hydrogen) atoms. The van der Waals surface area contributed by atoms with Crippen LogP contribution in [-0.4, -0.2) is 9.55 Å². The fourth-order valence-corrected chi connectivity index (χ4v) is 3.04. The first-order valence-corrected chi connectivity index (χ1v) is 7.52. The molecule has 0 radical (unpaired) electrons. The Balaban J connectivity index is 2.10. The van der Waals surface area contributed by atoms with E-state index in [1.807, 2.05) is 30.3 Å². The Morgan fingerprint density at radius 2 is 1.86 bits per heavy atom. The number of benzene rings is 2. The summed E-state index contributed by atoms with van der Waals surface area (Å²) in [6.45, 7) is 3.51. The van der Waals surface area contributed by atoms with Crippen LogP contribution in [0, 0.1) is 0 Å². The fourth-order valence-electron chi connectivity index (χ4n) is 2.76. The molecule has 0 bridgehead atoms. The Hall–Kier alpha value is -1.84. The van der Waals surface area contributed by atoms with Crippen LogP contribution < -0.4 is 5.73 Å². The molecule has 0 spiro atoms. The lowest BCUT2D eigenvalue weighted by Crippen LogP contribution is -2.06. The molecule has 0 aliphatic carbocycles. The van der Waals surface area contributed by atoms with Gasteiger partial charge in [-0.15, -0.1) is 0 Å². The molecule has 0 saturated heterocycles. The van der Waals surface area contributed by atoms with Crippen molar-refractivity contribution in [2.75, 3.05) is 0 Å². The van der Waals surface area contributed by atoms with E-state index in [1.54, 1.807) is 0 Å². The van der Waals surface area contributed by atoms with E-state index in [1.165, 1.54) is 11.1 Å². The van der Waals surface area contributed by atoms with Crippen LogP contribution in [0.1, 0.15) is 23.9 Å². The van der Waals surface area contributed by atoms with Gasteiger partial charge in [0.25, 0.3) is 0 Å². The summed E-state index contributed by atoms with van der Waals surface area (Å²) in [6.07, 6.45) is 0.770. The van der Waals surface area contributed by atoms with E-state index in [4.69, 9.17) is 22.3 Å². The van der Waals surface area contributed by atoms with E-state index in [0.29, 0.717) is 6.54 Å². The molecule has 1 heterocycles. The van der Waals surface area contributed by atoms with Crippen LogP contribution in [0.15, 0.2) is 42.5 Å². The lowest BCUT2D eigenvalue weighted by atomic mass is 10.0. The molecule has 108 valence electrons. The Morgan fingerprint density at radius 1 is 1.10 bits per heavy atom. The van der Waals surface area contributed by atoms with Crippen molar-refractivity contribution in [1.29, 1.82) is 0 Å². The molecule has 0 saturated carbocycles. The summed E-state index contributed by atoms with van der Waals surface area (Å²) in [4.78, 5) is 4.75. The predicted octanol–water partition coefficient (Wildman–Crippen LogP) is 3.76. The zero-order chi connectivity index (χ0) is 14.8. The Labute approximate surface area is 129 Å². The lowest BCUT2D eigenvalue weighted by Gasteiger charge is -2.09. The minimum Gasteiger partial charge on any atom is -0.327 e. The normalized spacial score (nSPS) is 11.2. The lowest BCUT2D eigenvalue weighted by molar-refractivity contribution is 0.732. The number of aryl methyl sites for hydroxylation is 1. The molecule has 4 heteroatoms. The Bertz CT molecular complexity index is 777. The molecule has 1 aromatic heterocycles. The van der Waals surface area contributed by atoms with Crippen molar-refractivity contribution in [2.24, 2.45) is 5.73 Å². The Morgan fingerprint density at radius 3 is 2.57 bits per heavy atom. The first-order chi connectivity index (χ1) is 10.2. The van der Waals surface area contributed by atoms with Crippen molar-refractivity contribution in [3.63, 3.8) is 0 Å². The van der Waals surface area contributed by atoms with Gasteiger partial charge in [-0.3, -0.25) is 0 Å². The molecule has 0 amide bonds. The molecule has 0 aliphatic rings. The topological polar surface area (TPSA) is 43.8 Å². The number of nitrogens with two attached hydrogens (primary N) is 1. The third-order valence-electron chi connectivity index (χ3n) is 3.80. The van der Waals surface area contributed by atoms with E-state index in [0.717, 1.165) is 34.8 Å². The predicted molar refractivity (Wildman–Crippen MR) is 87.6 cm³/mol. The van der Waals surface area contributed by atoms with Gasteiger partial charge >= 0.3 is 0 Å². The smallest absolute Gasteiger partial charge is 0.114 e. The number of halogens is 1. The molecule has 3 rings (SSSR count). The summed E-state index contributed by atoms with van der Waals surface area (Å²) < 4.78 is 2.19. The van der Waals surface area contributed by atoms with E-state index in [-0.39, 0.29) is 0 Å². The average molecular weight is 300 g/mol. The molecule has 2 aromatic carbocycles. The highest BCUT2D eigenvalue weighted by molar-refractivity contribution is 6.35. The highest BCUT2D eigenvalue weighted by atomic mass is 35.5. The van der Waals surface area contributed by atoms with Crippen LogP contribution in [0.3, 0.4) is 0 Å². The maximum atomic E-state index is 6.33. The number of fused-ring (bicyclic) bond motifs is 1. The SMILES string of the molecule is CCn1c(Cc2ccccc2CN)nc2cccc(Cl)c21. The van der Waals surface area contributed by atoms with Gasteiger partial charge in [0.05, 0.1) is 16.1 Å². The molecule has 0 unspecified atom stereocenters. The zero-order valence-corrected chi connectivity index (χ0v) is 12.8. The Kier molecular flexibility index (Phi) is 3.95. The summed E-state index contributed by atoms with van der Waals surface area (Å²) in [5.74, 6) is 1.03. The van der Waals surface area contributed by atoms with Crippen molar-refractivity contribution in [3.05, 3.63) is 64.4 Å². The number of hydrogen-bond acceptors (Lipinski definition) is 2. The molecule has 3 nitrogen and oxygen atoms in total. The summed E-state index contributed by atoms with van der Waals surface area (Å²) in [7, 11) is 0. The van der Waals surface area contributed by atoms with Crippen molar-refractivity contribution in [1.82, 2.24) is 9.55 Å². The number of aromatic nitrogens is 2. The molecule has 0 atom stereocenters. The van der Waals surface area contributed by atoms with Crippen LogP contribution in [-0.2, 0) is 19.5 Å². The van der Waals surface area contributed by atoms with Gasteiger partial charge in [-0.25, -0.2) is 4.98 Å². The second-order valence-electron chi connectivity index (χ2n) is 5.03. The number of para-hydroxylation sites is 1. The highest BCUT2D eigenvalue weighted by Crippen LogP contribution is 2.26. The van der Waals surface area contributed by atoms with E-state index >= 15 is 0 Å². The number of nitrogens with zero attached hydrogens (tertiary/aromatic N) is 2. The van der Waals surface area contributed by atoms with E-state index in [9.17, 15) is 0 Å². The van der Waals surface area contributed by atoms with Crippen molar-refractivity contribution in [3.8, 4) is 0 Å². The van der Waals surface area contributed by atoms with Crippen molar-refractivity contribution >= 4 is 22.6 Å². The minimum absolute atomic E-state index is 0.545. The van der Waals surface area contributed by atoms with Gasteiger partial charge in [0, 0.05) is 19.5 Å². The summed E-state index contributed by atoms with van der Waals surface area (Å²) in [5.41, 5.74) is 10.2. The number of rotatable bonds is 4. The quantitative estimate of drug-likeness (QED) is 0.797. The summed E-state index contributed by atoms with van der Waals surface area (Å²) in [6, 6.07) is 14.1. The van der Waals surface area contributed by atoms with Gasteiger partial charge in [-0.2, -0.15) is 0 Å². The van der Waals surface area contributed by atoms with Gasteiger partial charge in [-0.1, -0.05) is 41.9 Å². The molecule has 3 aromatic rings. The third kappa shape index (κ3) is 2.55. The third-order valence-corrected chi connectivity index (χ3v) is 4.10. The fraction of sp³-hybridized carbons (Fsp3) is 0.235. The summed E-state index contributed by atoms with van der Waals surface area (Å²) in [5, 5.41) is 0.750. The zero-order valence-electron chi connectivity index (χ0n) is 12.0. The van der Waals surface area contributed by atoms with Gasteiger partial charge in [0.15, 0.2) is 0 Å². The van der Waals surface area contributed by atoms with Gasteiger partial charge in [0.2, 0.25) is 0 Å². The highest BCUT2D eigenvalue weighted by Gasteiger charge is 2.13. The van der Waals surface area contributed by atoms with Crippen LogP contribution in [0.4, 0.5) is 0 Å². The van der Waals surface area contributed by atoms with Gasteiger partial charge in [0.1, 0.15) is 5.82 Å². The number of imidazole rings is 1. The molecular weight excluding hydrogens is 282 g/mol. The van der Waals surface area contributed by atoms with Crippen LogP contribution in [0.5, 0.6) is 0 Å². The van der Waals surface area contributed by atoms with Crippen molar-refractivity contribution in [2.45, 2.75) is 26.4 Å². The number of hydrogen-bond donors (Lipinski definition) is 1. The molecule has 2 N–H and O–H groups in total. The molecular formula is C17H18ClN3. The standard InChI is InChI=1S/C17H18ClN3/c1-2-21-16(10-12-6-3-4-7-13(12)11-19)20-15-9-5-8-14(18)17(15)21/h3-9H,2,10-11,19H2,1H3. The van der Waals surface area contributed by atoms with Crippen molar-refractivity contribution < 1.29 is 0 Å². The maximum Gasteiger partial charge on any atom is 0.114 e.